The molecule has 0 saturated carbocycles. The van der Waals surface area contributed by atoms with Crippen molar-refractivity contribution in [3.63, 3.8) is 0 Å². The van der Waals surface area contributed by atoms with Gasteiger partial charge in [0.25, 0.3) is 5.56 Å². The molecular weight excluding hydrogens is 448 g/mol. The SMILES string of the molecule is Cc1cc(-n2c(=O)c3sccc3n(CC(=O)Nc3ccc(Cl)cc3F)c2=O)ccc1F. The maximum Gasteiger partial charge on any atom is 0.336 e. The molecule has 31 heavy (non-hydrogen) atoms. The van der Waals surface area contributed by atoms with Crippen molar-refractivity contribution < 1.29 is 13.6 Å². The summed E-state index contributed by atoms with van der Waals surface area (Å²) in [7, 11) is 0. The monoisotopic (exact) mass is 461 g/mol. The number of anilines is 1. The highest BCUT2D eigenvalue weighted by Crippen LogP contribution is 2.20. The first-order valence-corrected chi connectivity index (χ1v) is 10.3. The second kappa shape index (κ2) is 8.09. The number of thiophene rings is 1. The predicted octanol–water partition coefficient (Wildman–Crippen LogP) is 4.09. The lowest BCUT2D eigenvalue weighted by molar-refractivity contribution is -0.116. The Hall–Kier alpha value is -3.30. The van der Waals surface area contributed by atoms with Gasteiger partial charge in [0, 0.05) is 5.02 Å². The molecule has 0 aliphatic rings. The van der Waals surface area contributed by atoms with Crippen molar-refractivity contribution in [2.75, 3.05) is 5.32 Å². The first-order chi connectivity index (χ1) is 14.8. The number of nitrogens with one attached hydrogen (secondary N) is 1. The summed E-state index contributed by atoms with van der Waals surface area (Å²) in [5, 5.41) is 4.19. The minimum absolute atomic E-state index is 0.0912. The molecule has 158 valence electrons. The molecule has 0 radical (unpaired) electrons. The quantitative estimate of drug-likeness (QED) is 0.497. The highest BCUT2D eigenvalue weighted by Gasteiger charge is 2.18. The Bertz CT molecular complexity index is 1460. The molecule has 1 amide bonds. The molecular formula is C21H14ClF2N3O3S. The van der Waals surface area contributed by atoms with Crippen LogP contribution in [0.4, 0.5) is 14.5 Å². The van der Waals surface area contributed by atoms with Gasteiger partial charge >= 0.3 is 5.69 Å². The van der Waals surface area contributed by atoms with Crippen LogP contribution >= 0.6 is 22.9 Å². The molecule has 4 aromatic rings. The van der Waals surface area contributed by atoms with Crippen molar-refractivity contribution in [3.8, 4) is 5.69 Å². The molecule has 0 aliphatic heterocycles. The number of rotatable bonds is 4. The van der Waals surface area contributed by atoms with Crippen LogP contribution in [0.15, 0.2) is 57.4 Å². The fraction of sp³-hybridized carbons (Fsp3) is 0.0952. The fourth-order valence-electron chi connectivity index (χ4n) is 3.16. The highest BCUT2D eigenvalue weighted by atomic mass is 35.5. The number of aromatic nitrogens is 2. The van der Waals surface area contributed by atoms with Crippen LogP contribution in [-0.4, -0.2) is 15.0 Å². The number of halogens is 3. The van der Waals surface area contributed by atoms with Crippen molar-refractivity contribution in [1.29, 1.82) is 0 Å². The molecule has 2 aromatic carbocycles. The van der Waals surface area contributed by atoms with Crippen molar-refractivity contribution in [2.24, 2.45) is 0 Å². The smallest absolute Gasteiger partial charge is 0.322 e. The lowest BCUT2D eigenvalue weighted by atomic mass is 10.2. The first-order valence-electron chi connectivity index (χ1n) is 9.01. The molecule has 0 saturated heterocycles. The highest BCUT2D eigenvalue weighted by molar-refractivity contribution is 7.17. The number of hydrogen-bond acceptors (Lipinski definition) is 4. The molecule has 4 rings (SSSR count). The van der Waals surface area contributed by atoms with E-state index < -0.39 is 35.3 Å². The topological polar surface area (TPSA) is 73.1 Å². The van der Waals surface area contributed by atoms with Crippen LogP contribution in [0.25, 0.3) is 15.9 Å². The Balaban J connectivity index is 1.80. The van der Waals surface area contributed by atoms with Gasteiger partial charge in [0.1, 0.15) is 22.9 Å². The summed E-state index contributed by atoms with van der Waals surface area (Å²) < 4.78 is 29.9. The normalized spacial score (nSPS) is 11.1. The maximum atomic E-state index is 14.0. The van der Waals surface area contributed by atoms with Gasteiger partial charge in [-0.25, -0.2) is 18.1 Å². The lowest BCUT2D eigenvalue weighted by Crippen LogP contribution is -2.40. The Kier molecular flexibility index (Phi) is 5.47. The fourth-order valence-corrected chi connectivity index (χ4v) is 4.14. The second-order valence-electron chi connectivity index (χ2n) is 6.75. The maximum absolute atomic E-state index is 14.0. The Morgan fingerprint density at radius 2 is 1.87 bits per heavy atom. The summed E-state index contributed by atoms with van der Waals surface area (Å²) in [5.74, 6) is -1.87. The summed E-state index contributed by atoms with van der Waals surface area (Å²) >= 11 is 6.83. The standard InChI is InChI=1S/C21H14ClF2N3O3S/c1-11-8-13(3-4-14(11)23)27-20(29)19-17(6-7-31-19)26(21(27)30)10-18(28)25-16-5-2-12(22)9-15(16)24/h2-9H,10H2,1H3,(H,25,28). The van der Waals surface area contributed by atoms with Crippen LogP contribution in [0.5, 0.6) is 0 Å². The van der Waals surface area contributed by atoms with Crippen molar-refractivity contribution in [2.45, 2.75) is 13.5 Å². The van der Waals surface area contributed by atoms with Gasteiger partial charge in [-0.3, -0.25) is 14.2 Å². The average Bonchev–Trinajstić information content (AvgIpc) is 3.20. The molecule has 0 aliphatic carbocycles. The van der Waals surface area contributed by atoms with Gasteiger partial charge in [-0.05, 0) is 60.3 Å². The van der Waals surface area contributed by atoms with Crippen LogP contribution in [0, 0.1) is 18.6 Å². The average molecular weight is 462 g/mol. The van der Waals surface area contributed by atoms with Crippen molar-refractivity contribution in [1.82, 2.24) is 9.13 Å². The number of benzene rings is 2. The summed E-state index contributed by atoms with van der Waals surface area (Å²) in [5.41, 5.74) is -0.706. The van der Waals surface area contributed by atoms with Crippen LogP contribution < -0.4 is 16.6 Å². The van der Waals surface area contributed by atoms with Gasteiger partial charge in [0.05, 0.1) is 16.9 Å². The third-order valence-electron chi connectivity index (χ3n) is 4.66. The first kappa shape index (κ1) is 21.0. The van der Waals surface area contributed by atoms with E-state index in [1.807, 2.05) is 0 Å². The van der Waals surface area contributed by atoms with E-state index in [0.29, 0.717) is 0 Å². The molecule has 2 aromatic heterocycles. The van der Waals surface area contributed by atoms with E-state index in [-0.39, 0.29) is 32.2 Å². The zero-order valence-corrected chi connectivity index (χ0v) is 17.6. The van der Waals surface area contributed by atoms with Gasteiger partial charge in [-0.2, -0.15) is 0 Å². The predicted molar refractivity (Wildman–Crippen MR) is 116 cm³/mol. The summed E-state index contributed by atoms with van der Waals surface area (Å²) in [6.45, 7) is 1.05. The van der Waals surface area contributed by atoms with E-state index in [2.05, 4.69) is 5.32 Å². The van der Waals surface area contributed by atoms with Crippen molar-refractivity contribution >= 4 is 44.7 Å². The van der Waals surface area contributed by atoms with Crippen molar-refractivity contribution in [3.05, 3.63) is 90.9 Å². The van der Waals surface area contributed by atoms with E-state index in [4.69, 9.17) is 11.6 Å². The minimum atomic E-state index is -0.770. The number of carbonyl (C=O) groups excluding carboxylic acids is 1. The third-order valence-corrected chi connectivity index (χ3v) is 5.79. The molecule has 0 bridgehead atoms. The second-order valence-corrected chi connectivity index (χ2v) is 8.10. The Morgan fingerprint density at radius 1 is 1.10 bits per heavy atom. The number of aryl methyl sites for hydroxylation is 1. The van der Waals surface area contributed by atoms with Gasteiger partial charge < -0.3 is 5.32 Å². The van der Waals surface area contributed by atoms with E-state index in [0.717, 1.165) is 32.6 Å². The number of fused-ring (bicyclic) bond motifs is 1. The van der Waals surface area contributed by atoms with Crippen LogP contribution in [-0.2, 0) is 11.3 Å². The number of nitrogens with zero attached hydrogens (tertiary/aromatic N) is 2. The van der Waals surface area contributed by atoms with E-state index >= 15 is 0 Å². The molecule has 2 heterocycles. The van der Waals surface area contributed by atoms with Crippen LogP contribution in [0.3, 0.4) is 0 Å². The molecule has 6 nitrogen and oxygen atoms in total. The van der Waals surface area contributed by atoms with E-state index in [1.54, 1.807) is 11.4 Å². The summed E-state index contributed by atoms with van der Waals surface area (Å²) in [6.07, 6.45) is 0. The summed E-state index contributed by atoms with van der Waals surface area (Å²) in [4.78, 5) is 38.6. The molecule has 0 atom stereocenters. The molecule has 0 unspecified atom stereocenters. The zero-order chi connectivity index (χ0) is 22.3. The van der Waals surface area contributed by atoms with Gasteiger partial charge in [0.2, 0.25) is 5.91 Å². The largest absolute Gasteiger partial charge is 0.336 e. The Labute approximate surface area is 182 Å². The molecule has 0 spiro atoms. The number of carbonyl (C=O) groups is 1. The minimum Gasteiger partial charge on any atom is -0.322 e. The van der Waals surface area contributed by atoms with E-state index in [9.17, 15) is 23.2 Å². The number of amides is 1. The summed E-state index contributed by atoms with van der Waals surface area (Å²) in [6, 6.07) is 9.19. The Morgan fingerprint density at radius 3 is 2.58 bits per heavy atom. The lowest BCUT2D eigenvalue weighted by Gasteiger charge is -2.13. The third kappa shape index (κ3) is 3.89. The van der Waals surface area contributed by atoms with Gasteiger partial charge in [-0.1, -0.05) is 11.6 Å². The zero-order valence-electron chi connectivity index (χ0n) is 16.0. The van der Waals surface area contributed by atoms with Crippen LogP contribution in [0.1, 0.15) is 5.56 Å². The van der Waals surface area contributed by atoms with Gasteiger partial charge in [0.15, 0.2) is 0 Å². The molecule has 10 heteroatoms. The number of hydrogen-bond donors (Lipinski definition) is 1. The molecule has 0 fully saturated rings. The van der Waals surface area contributed by atoms with Crippen LogP contribution in [0.2, 0.25) is 5.02 Å². The molecule has 1 N–H and O–H groups in total. The van der Waals surface area contributed by atoms with Gasteiger partial charge in [-0.15, -0.1) is 11.3 Å². The van der Waals surface area contributed by atoms with E-state index in [1.165, 1.54) is 31.2 Å².